The molecule has 0 spiro atoms. The summed E-state index contributed by atoms with van der Waals surface area (Å²) in [6, 6.07) is 7.39. The standard InChI is InChI=1S/C18H23ClN4O/c1-13-17(12-23(22-13)16-6-4-15(19)5-7-16)18(24)21-10-8-14-3-2-9-20-11-14/h4-7,12,14,20H,2-3,8-11H2,1H3,(H,21,24). The van der Waals surface area contributed by atoms with Gasteiger partial charge in [0, 0.05) is 17.8 Å². The van der Waals surface area contributed by atoms with Gasteiger partial charge in [-0.1, -0.05) is 11.6 Å². The van der Waals surface area contributed by atoms with Crippen LogP contribution in [-0.4, -0.2) is 35.3 Å². The normalized spacial score (nSPS) is 17.7. The van der Waals surface area contributed by atoms with Crippen molar-refractivity contribution >= 4 is 17.5 Å². The molecule has 2 aromatic rings. The van der Waals surface area contributed by atoms with Gasteiger partial charge in [0.1, 0.15) is 0 Å². The van der Waals surface area contributed by atoms with Crippen LogP contribution in [0.15, 0.2) is 30.5 Å². The average Bonchev–Trinajstić information content (AvgIpc) is 2.98. The Kier molecular flexibility index (Phi) is 5.53. The van der Waals surface area contributed by atoms with E-state index in [2.05, 4.69) is 15.7 Å². The second-order valence-corrected chi connectivity index (χ2v) is 6.74. The van der Waals surface area contributed by atoms with Gasteiger partial charge in [-0.25, -0.2) is 4.68 Å². The van der Waals surface area contributed by atoms with Crippen molar-refractivity contribution in [1.82, 2.24) is 20.4 Å². The summed E-state index contributed by atoms with van der Waals surface area (Å²) in [5, 5.41) is 11.5. The molecule has 0 aliphatic carbocycles. The van der Waals surface area contributed by atoms with Crippen LogP contribution in [0.2, 0.25) is 5.02 Å². The summed E-state index contributed by atoms with van der Waals surface area (Å²) in [6.07, 6.45) is 5.27. The highest BCUT2D eigenvalue weighted by atomic mass is 35.5. The molecule has 1 unspecified atom stereocenters. The van der Waals surface area contributed by atoms with Crippen LogP contribution >= 0.6 is 11.6 Å². The molecule has 1 aliphatic rings. The molecule has 1 saturated heterocycles. The zero-order valence-electron chi connectivity index (χ0n) is 13.9. The third-order valence-electron chi connectivity index (χ3n) is 4.47. The first-order valence-corrected chi connectivity index (χ1v) is 8.82. The zero-order valence-corrected chi connectivity index (χ0v) is 14.6. The molecule has 1 aromatic carbocycles. The van der Waals surface area contributed by atoms with E-state index in [0.717, 1.165) is 30.9 Å². The minimum Gasteiger partial charge on any atom is -0.352 e. The summed E-state index contributed by atoms with van der Waals surface area (Å²) in [4.78, 5) is 12.4. The maximum absolute atomic E-state index is 12.4. The van der Waals surface area contributed by atoms with Crippen LogP contribution in [0.4, 0.5) is 0 Å². The molecule has 24 heavy (non-hydrogen) atoms. The van der Waals surface area contributed by atoms with E-state index in [-0.39, 0.29) is 5.91 Å². The Morgan fingerprint density at radius 2 is 2.21 bits per heavy atom. The Labute approximate surface area is 147 Å². The maximum atomic E-state index is 12.4. The minimum atomic E-state index is -0.0588. The molecule has 1 aromatic heterocycles. The summed E-state index contributed by atoms with van der Waals surface area (Å²) in [7, 11) is 0. The molecule has 1 atom stereocenters. The van der Waals surface area contributed by atoms with Crippen molar-refractivity contribution < 1.29 is 4.79 Å². The number of benzene rings is 1. The van der Waals surface area contributed by atoms with Gasteiger partial charge in [0.15, 0.2) is 0 Å². The summed E-state index contributed by atoms with van der Waals surface area (Å²) >= 11 is 5.91. The van der Waals surface area contributed by atoms with Gasteiger partial charge in [0.05, 0.1) is 16.9 Å². The number of rotatable bonds is 5. The SMILES string of the molecule is Cc1nn(-c2ccc(Cl)cc2)cc1C(=O)NCCC1CCCNC1. The fraction of sp³-hybridized carbons (Fsp3) is 0.444. The number of aromatic nitrogens is 2. The Balaban J connectivity index is 1.59. The van der Waals surface area contributed by atoms with Gasteiger partial charge in [-0.3, -0.25) is 4.79 Å². The summed E-state index contributed by atoms with van der Waals surface area (Å²) in [5.41, 5.74) is 2.23. The quantitative estimate of drug-likeness (QED) is 0.875. The van der Waals surface area contributed by atoms with Crippen LogP contribution in [0.25, 0.3) is 5.69 Å². The molecule has 1 amide bonds. The molecule has 5 nitrogen and oxygen atoms in total. The number of hydrogen-bond donors (Lipinski definition) is 2. The van der Waals surface area contributed by atoms with Gasteiger partial charge >= 0.3 is 0 Å². The van der Waals surface area contributed by atoms with Gasteiger partial charge in [0.2, 0.25) is 0 Å². The molecule has 6 heteroatoms. The molecule has 1 aliphatic heterocycles. The molecule has 128 valence electrons. The van der Waals surface area contributed by atoms with Crippen molar-refractivity contribution in [2.45, 2.75) is 26.2 Å². The van der Waals surface area contributed by atoms with Gasteiger partial charge in [0.25, 0.3) is 5.91 Å². The van der Waals surface area contributed by atoms with Crippen molar-refractivity contribution in [2.24, 2.45) is 5.92 Å². The van der Waals surface area contributed by atoms with Gasteiger partial charge in [-0.05, 0) is 69.5 Å². The average molecular weight is 347 g/mol. The lowest BCUT2D eigenvalue weighted by Gasteiger charge is -2.22. The second kappa shape index (κ2) is 7.81. The second-order valence-electron chi connectivity index (χ2n) is 6.31. The molecule has 3 rings (SSSR count). The first-order valence-electron chi connectivity index (χ1n) is 8.44. The van der Waals surface area contributed by atoms with Gasteiger partial charge in [-0.15, -0.1) is 0 Å². The Bertz CT molecular complexity index is 690. The highest BCUT2D eigenvalue weighted by Gasteiger charge is 2.16. The van der Waals surface area contributed by atoms with E-state index in [9.17, 15) is 4.79 Å². The largest absolute Gasteiger partial charge is 0.352 e. The lowest BCUT2D eigenvalue weighted by molar-refractivity contribution is 0.0950. The van der Waals surface area contributed by atoms with Crippen molar-refractivity contribution in [2.75, 3.05) is 19.6 Å². The van der Waals surface area contributed by atoms with E-state index in [1.807, 2.05) is 31.2 Å². The third kappa shape index (κ3) is 4.16. The van der Waals surface area contributed by atoms with E-state index in [0.29, 0.717) is 23.0 Å². The Morgan fingerprint density at radius 1 is 1.42 bits per heavy atom. The van der Waals surface area contributed by atoms with Crippen LogP contribution in [0, 0.1) is 12.8 Å². The molecular weight excluding hydrogens is 324 g/mol. The number of aryl methyl sites for hydroxylation is 1. The number of piperidine rings is 1. The smallest absolute Gasteiger partial charge is 0.254 e. The van der Waals surface area contributed by atoms with E-state index in [1.54, 1.807) is 10.9 Å². The van der Waals surface area contributed by atoms with E-state index in [1.165, 1.54) is 12.8 Å². The van der Waals surface area contributed by atoms with Gasteiger partial charge in [-0.2, -0.15) is 5.10 Å². The van der Waals surface area contributed by atoms with Crippen LogP contribution in [0.5, 0.6) is 0 Å². The molecule has 0 bridgehead atoms. The van der Waals surface area contributed by atoms with Crippen LogP contribution < -0.4 is 10.6 Å². The zero-order chi connectivity index (χ0) is 16.9. The number of nitrogens with zero attached hydrogens (tertiary/aromatic N) is 2. The topological polar surface area (TPSA) is 59.0 Å². The molecular formula is C18H23ClN4O. The highest BCUT2D eigenvalue weighted by Crippen LogP contribution is 2.16. The van der Waals surface area contributed by atoms with Crippen molar-refractivity contribution in [3.8, 4) is 5.69 Å². The molecule has 2 N–H and O–H groups in total. The summed E-state index contributed by atoms with van der Waals surface area (Å²) in [5.74, 6) is 0.605. The fourth-order valence-corrected chi connectivity index (χ4v) is 3.19. The summed E-state index contributed by atoms with van der Waals surface area (Å²) in [6.45, 7) is 4.73. The molecule has 0 saturated carbocycles. The highest BCUT2D eigenvalue weighted by molar-refractivity contribution is 6.30. The van der Waals surface area contributed by atoms with Crippen molar-refractivity contribution in [3.63, 3.8) is 0 Å². The number of nitrogens with one attached hydrogen (secondary N) is 2. The predicted molar refractivity (Wildman–Crippen MR) is 95.9 cm³/mol. The molecule has 1 fully saturated rings. The first-order chi connectivity index (χ1) is 11.6. The first kappa shape index (κ1) is 17.0. The predicted octanol–water partition coefficient (Wildman–Crippen LogP) is 2.95. The fourth-order valence-electron chi connectivity index (χ4n) is 3.06. The van der Waals surface area contributed by atoms with Gasteiger partial charge < -0.3 is 10.6 Å². The van der Waals surface area contributed by atoms with Crippen molar-refractivity contribution in [1.29, 1.82) is 0 Å². The third-order valence-corrected chi connectivity index (χ3v) is 4.72. The molecule has 2 heterocycles. The van der Waals surface area contributed by atoms with E-state index in [4.69, 9.17) is 11.6 Å². The number of amides is 1. The maximum Gasteiger partial charge on any atom is 0.254 e. The lowest BCUT2D eigenvalue weighted by atomic mass is 9.96. The van der Waals surface area contributed by atoms with Crippen molar-refractivity contribution in [3.05, 3.63) is 46.7 Å². The minimum absolute atomic E-state index is 0.0588. The molecule has 0 radical (unpaired) electrons. The number of hydrogen-bond acceptors (Lipinski definition) is 3. The summed E-state index contributed by atoms with van der Waals surface area (Å²) < 4.78 is 1.71. The van der Waals surface area contributed by atoms with E-state index < -0.39 is 0 Å². The van der Waals surface area contributed by atoms with Crippen LogP contribution in [0.1, 0.15) is 35.3 Å². The monoisotopic (exact) mass is 346 g/mol. The Morgan fingerprint density at radius 3 is 2.92 bits per heavy atom. The van der Waals surface area contributed by atoms with Crippen LogP contribution in [0.3, 0.4) is 0 Å². The number of carbonyl (C=O) groups is 1. The number of carbonyl (C=O) groups excluding carboxylic acids is 1. The van der Waals surface area contributed by atoms with E-state index >= 15 is 0 Å². The van der Waals surface area contributed by atoms with Crippen LogP contribution in [-0.2, 0) is 0 Å². The number of halogens is 1. The Hall–Kier alpha value is -1.85. The lowest BCUT2D eigenvalue weighted by Crippen LogP contribution is -2.33.